The third-order valence-corrected chi connectivity index (χ3v) is 4.43. The van der Waals surface area contributed by atoms with Crippen molar-refractivity contribution in [1.29, 1.82) is 0 Å². The van der Waals surface area contributed by atoms with Gasteiger partial charge >= 0.3 is 0 Å². The summed E-state index contributed by atoms with van der Waals surface area (Å²) in [7, 11) is 0. The first kappa shape index (κ1) is 16.5. The number of hydrogen-bond acceptors (Lipinski definition) is 1. The average molecular weight is 335 g/mol. The van der Waals surface area contributed by atoms with Crippen molar-refractivity contribution in [3.63, 3.8) is 0 Å². The minimum atomic E-state index is -1.60. The fourth-order valence-corrected chi connectivity index (χ4v) is 2.92. The second kappa shape index (κ2) is 6.63. The van der Waals surface area contributed by atoms with E-state index in [4.69, 9.17) is 0 Å². The smallest absolute Gasteiger partial charge is 0.293 e. The Balaban J connectivity index is 1.79. The molecule has 1 heterocycles. The van der Waals surface area contributed by atoms with Crippen LogP contribution in [0.4, 0.5) is 18.9 Å². The maximum atomic E-state index is 13.7. The Bertz CT molecular complexity index is 792. The van der Waals surface area contributed by atoms with E-state index in [2.05, 4.69) is 5.32 Å². The number of rotatable bonds is 3. The van der Waals surface area contributed by atoms with Crippen LogP contribution in [0, 0.1) is 17.5 Å². The van der Waals surface area contributed by atoms with E-state index < -0.39 is 29.4 Å². The Labute approximate surface area is 138 Å². The van der Waals surface area contributed by atoms with Gasteiger partial charge in [0, 0.05) is 18.6 Å². The van der Waals surface area contributed by atoms with Crippen LogP contribution in [0.5, 0.6) is 0 Å². The first-order chi connectivity index (χ1) is 11.5. The van der Waals surface area contributed by atoms with Crippen molar-refractivity contribution in [3.8, 4) is 0 Å². The van der Waals surface area contributed by atoms with Gasteiger partial charge in [0.25, 0.3) is 5.91 Å². The van der Waals surface area contributed by atoms with Crippen LogP contribution < -0.4 is 9.88 Å². The lowest BCUT2D eigenvalue weighted by molar-refractivity contribution is -0.706. The lowest BCUT2D eigenvalue weighted by atomic mass is 9.93. The number of benzene rings is 1. The molecule has 126 valence electrons. The Kier molecular flexibility index (Phi) is 4.55. The van der Waals surface area contributed by atoms with Crippen molar-refractivity contribution in [2.75, 3.05) is 5.32 Å². The molecular formula is C18H18F3N2O+. The standard InChI is InChI=1S/C18H17F3N2O/c1-11(23-9-8-12-4-2-3-5-13(12)10-23)18(24)22-15-7-6-14(19)16(20)17(15)21/h6-11H,2-5H2,1H3/p+1/t11-/m1/s1. The van der Waals surface area contributed by atoms with Gasteiger partial charge < -0.3 is 5.32 Å². The molecule has 0 aliphatic heterocycles. The quantitative estimate of drug-likeness (QED) is 0.676. The number of fused-ring (bicyclic) bond motifs is 1. The maximum Gasteiger partial charge on any atom is 0.293 e. The molecule has 1 amide bonds. The molecule has 1 aliphatic rings. The molecule has 6 heteroatoms. The van der Waals surface area contributed by atoms with Gasteiger partial charge in [-0.3, -0.25) is 4.79 Å². The monoisotopic (exact) mass is 335 g/mol. The van der Waals surface area contributed by atoms with Crippen molar-refractivity contribution in [2.24, 2.45) is 0 Å². The minimum Gasteiger partial charge on any atom is -0.318 e. The van der Waals surface area contributed by atoms with E-state index in [-0.39, 0.29) is 5.69 Å². The second-order valence-corrected chi connectivity index (χ2v) is 6.04. The predicted molar refractivity (Wildman–Crippen MR) is 82.9 cm³/mol. The number of nitrogens with zero attached hydrogens (tertiary/aromatic N) is 1. The van der Waals surface area contributed by atoms with Gasteiger partial charge in [0.2, 0.25) is 6.04 Å². The van der Waals surface area contributed by atoms with Crippen molar-refractivity contribution >= 4 is 11.6 Å². The van der Waals surface area contributed by atoms with Crippen molar-refractivity contribution in [2.45, 2.75) is 38.6 Å². The van der Waals surface area contributed by atoms with Gasteiger partial charge in [0.1, 0.15) is 0 Å². The van der Waals surface area contributed by atoms with Crippen LogP contribution in [-0.4, -0.2) is 5.91 Å². The largest absolute Gasteiger partial charge is 0.318 e. The van der Waals surface area contributed by atoms with E-state index in [1.54, 1.807) is 11.5 Å². The van der Waals surface area contributed by atoms with Gasteiger partial charge in [0.15, 0.2) is 29.8 Å². The Morgan fingerprint density at radius 2 is 1.79 bits per heavy atom. The highest BCUT2D eigenvalue weighted by Gasteiger charge is 2.25. The number of anilines is 1. The van der Waals surface area contributed by atoms with Crippen molar-refractivity contribution in [3.05, 3.63) is 59.2 Å². The molecule has 0 radical (unpaired) electrons. The number of aromatic nitrogens is 1. The van der Waals surface area contributed by atoms with Crippen LogP contribution in [0.25, 0.3) is 0 Å². The highest BCUT2D eigenvalue weighted by Crippen LogP contribution is 2.21. The molecule has 24 heavy (non-hydrogen) atoms. The SMILES string of the molecule is C[C@H](C(=O)Nc1ccc(F)c(F)c1F)[n+]1ccc2c(c1)CCCC2. The summed E-state index contributed by atoms with van der Waals surface area (Å²) in [6.07, 6.45) is 8.05. The van der Waals surface area contributed by atoms with Crippen LogP contribution >= 0.6 is 0 Å². The molecule has 0 saturated heterocycles. The number of carbonyl (C=O) groups excluding carboxylic acids is 1. The summed E-state index contributed by atoms with van der Waals surface area (Å²) >= 11 is 0. The molecule has 2 aromatic rings. The number of pyridine rings is 1. The zero-order valence-corrected chi connectivity index (χ0v) is 13.3. The normalized spacial score (nSPS) is 14.8. The first-order valence-corrected chi connectivity index (χ1v) is 7.94. The molecule has 0 unspecified atom stereocenters. The van der Waals surface area contributed by atoms with Crippen molar-refractivity contribution < 1.29 is 22.5 Å². The topological polar surface area (TPSA) is 33.0 Å². The third kappa shape index (κ3) is 3.13. The number of hydrogen-bond donors (Lipinski definition) is 1. The molecule has 0 fully saturated rings. The summed E-state index contributed by atoms with van der Waals surface area (Å²) in [5, 5.41) is 2.32. The molecule has 1 N–H and O–H groups in total. The van der Waals surface area contributed by atoms with E-state index in [0.29, 0.717) is 0 Å². The summed E-state index contributed by atoms with van der Waals surface area (Å²) in [5.74, 6) is -4.78. The van der Waals surface area contributed by atoms with Gasteiger partial charge in [0.05, 0.1) is 5.69 Å². The van der Waals surface area contributed by atoms with Crippen LogP contribution in [0.3, 0.4) is 0 Å². The van der Waals surface area contributed by atoms with E-state index in [9.17, 15) is 18.0 Å². The van der Waals surface area contributed by atoms with Crippen LogP contribution in [0.15, 0.2) is 30.6 Å². The maximum absolute atomic E-state index is 13.7. The van der Waals surface area contributed by atoms with Crippen LogP contribution in [-0.2, 0) is 17.6 Å². The minimum absolute atomic E-state index is 0.371. The van der Waals surface area contributed by atoms with Gasteiger partial charge in [-0.15, -0.1) is 0 Å². The molecule has 0 saturated carbocycles. The molecule has 0 bridgehead atoms. The Morgan fingerprint density at radius 3 is 2.54 bits per heavy atom. The number of halogens is 3. The fourth-order valence-electron chi connectivity index (χ4n) is 2.92. The molecule has 1 aliphatic carbocycles. The summed E-state index contributed by atoms with van der Waals surface area (Å²) in [6, 6.07) is 3.18. The number of aryl methyl sites for hydroxylation is 2. The highest BCUT2D eigenvalue weighted by atomic mass is 19.2. The molecule has 1 atom stereocenters. The first-order valence-electron chi connectivity index (χ1n) is 7.94. The number of amides is 1. The van der Waals surface area contributed by atoms with Gasteiger partial charge in [-0.05, 0) is 43.4 Å². The lowest BCUT2D eigenvalue weighted by Crippen LogP contribution is -2.44. The summed E-state index contributed by atoms with van der Waals surface area (Å²) in [4.78, 5) is 12.3. The Hall–Kier alpha value is -2.37. The predicted octanol–water partition coefficient (Wildman–Crippen LogP) is 3.47. The summed E-state index contributed by atoms with van der Waals surface area (Å²) in [6.45, 7) is 1.67. The molecule has 1 aromatic carbocycles. The lowest BCUT2D eigenvalue weighted by Gasteiger charge is -2.15. The van der Waals surface area contributed by atoms with Crippen molar-refractivity contribution in [1.82, 2.24) is 0 Å². The van der Waals surface area contributed by atoms with E-state index >= 15 is 0 Å². The van der Waals surface area contributed by atoms with Gasteiger partial charge in [-0.2, -0.15) is 4.57 Å². The fraction of sp³-hybridized carbons (Fsp3) is 0.333. The van der Waals surface area contributed by atoms with E-state index in [0.717, 1.165) is 31.4 Å². The van der Waals surface area contributed by atoms with E-state index in [1.165, 1.54) is 17.5 Å². The molecule has 3 rings (SSSR count). The molecule has 0 spiro atoms. The van der Waals surface area contributed by atoms with E-state index in [1.807, 2.05) is 18.5 Å². The van der Waals surface area contributed by atoms with Gasteiger partial charge in [-0.25, -0.2) is 13.2 Å². The number of carbonyl (C=O) groups is 1. The zero-order chi connectivity index (χ0) is 17.3. The summed E-state index contributed by atoms with van der Waals surface area (Å²) < 4.78 is 41.6. The zero-order valence-electron chi connectivity index (χ0n) is 13.3. The molecular weight excluding hydrogens is 317 g/mol. The number of nitrogens with one attached hydrogen (secondary N) is 1. The highest BCUT2D eigenvalue weighted by molar-refractivity contribution is 5.92. The van der Waals surface area contributed by atoms with Crippen LogP contribution in [0.1, 0.15) is 36.9 Å². The second-order valence-electron chi connectivity index (χ2n) is 6.04. The van der Waals surface area contributed by atoms with Crippen LogP contribution in [0.2, 0.25) is 0 Å². The molecule has 1 aromatic heterocycles. The van der Waals surface area contributed by atoms with Gasteiger partial charge in [-0.1, -0.05) is 0 Å². The third-order valence-electron chi connectivity index (χ3n) is 4.43. The molecule has 3 nitrogen and oxygen atoms in total. The average Bonchev–Trinajstić information content (AvgIpc) is 2.61. The Morgan fingerprint density at radius 1 is 1.08 bits per heavy atom. The summed E-state index contributed by atoms with van der Waals surface area (Å²) in [5.41, 5.74) is 2.13.